The zero-order valence-electron chi connectivity index (χ0n) is 9.90. The average Bonchev–Trinajstić information content (AvgIpc) is 2.30. The molecule has 1 rings (SSSR count). The summed E-state index contributed by atoms with van der Waals surface area (Å²) in [6.45, 7) is 4.20. The molecule has 1 atom stereocenters. The highest BCUT2D eigenvalue weighted by Crippen LogP contribution is 2.05. The zero-order valence-corrected chi connectivity index (χ0v) is 10.7. The molecule has 2 nitrogen and oxygen atoms in total. The van der Waals surface area contributed by atoms with Crippen molar-refractivity contribution in [2.75, 3.05) is 11.5 Å². The number of amides is 1. The Hall–Kier alpha value is -0.960. The summed E-state index contributed by atoms with van der Waals surface area (Å²) >= 11 is 1.91. The fourth-order valence-corrected chi connectivity index (χ4v) is 2.18. The molecule has 0 aliphatic carbocycles. The Morgan fingerprint density at radius 3 is 2.69 bits per heavy atom. The van der Waals surface area contributed by atoms with Gasteiger partial charge in [-0.1, -0.05) is 25.1 Å². The summed E-state index contributed by atoms with van der Waals surface area (Å²) in [6.07, 6.45) is 1.02. The first kappa shape index (κ1) is 13.1. The monoisotopic (exact) mass is 237 g/mol. The highest BCUT2D eigenvalue weighted by molar-refractivity contribution is 7.99. The Morgan fingerprint density at radius 1 is 1.38 bits per heavy atom. The van der Waals surface area contributed by atoms with Crippen LogP contribution in [0.5, 0.6) is 0 Å². The largest absolute Gasteiger partial charge is 0.350 e. The van der Waals surface area contributed by atoms with Crippen LogP contribution in [0.4, 0.5) is 0 Å². The topological polar surface area (TPSA) is 29.1 Å². The number of nitrogens with one attached hydrogen (secondary N) is 1. The molecule has 1 aromatic rings. The lowest BCUT2D eigenvalue weighted by Crippen LogP contribution is -2.32. The molecule has 0 heterocycles. The molecular formula is C13H19NOS. The summed E-state index contributed by atoms with van der Waals surface area (Å²) < 4.78 is 0. The lowest BCUT2D eigenvalue weighted by molar-refractivity contribution is 0.0939. The number of hydrogen-bond donors (Lipinski definition) is 1. The number of hydrogen-bond acceptors (Lipinski definition) is 2. The van der Waals surface area contributed by atoms with Crippen LogP contribution in [0.2, 0.25) is 0 Å². The second kappa shape index (κ2) is 7.34. The van der Waals surface area contributed by atoms with E-state index in [1.54, 1.807) is 0 Å². The van der Waals surface area contributed by atoms with Gasteiger partial charge in [-0.05, 0) is 37.0 Å². The van der Waals surface area contributed by atoms with Crippen molar-refractivity contribution in [2.45, 2.75) is 26.3 Å². The Morgan fingerprint density at radius 2 is 2.06 bits per heavy atom. The summed E-state index contributed by atoms with van der Waals surface area (Å²) in [4.78, 5) is 11.8. The SMILES string of the molecule is CCSCCC(C)NC(=O)c1ccccc1. The molecule has 0 radical (unpaired) electrons. The Labute approximate surface area is 102 Å². The highest BCUT2D eigenvalue weighted by atomic mass is 32.2. The second-order valence-corrected chi connectivity index (χ2v) is 5.12. The van der Waals surface area contributed by atoms with Crippen molar-refractivity contribution in [1.82, 2.24) is 5.32 Å². The zero-order chi connectivity index (χ0) is 11.8. The van der Waals surface area contributed by atoms with E-state index in [2.05, 4.69) is 19.2 Å². The van der Waals surface area contributed by atoms with Crippen LogP contribution in [0.1, 0.15) is 30.6 Å². The molecule has 16 heavy (non-hydrogen) atoms. The highest BCUT2D eigenvalue weighted by Gasteiger charge is 2.08. The molecule has 0 saturated carbocycles. The molecule has 0 saturated heterocycles. The van der Waals surface area contributed by atoms with E-state index in [0.29, 0.717) is 0 Å². The van der Waals surface area contributed by atoms with Crippen LogP contribution >= 0.6 is 11.8 Å². The van der Waals surface area contributed by atoms with Crippen molar-refractivity contribution in [3.8, 4) is 0 Å². The van der Waals surface area contributed by atoms with Crippen molar-refractivity contribution < 1.29 is 4.79 Å². The van der Waals surface area contributed by atoms with Gasteiger partial charge < -0.3 is 5.32 Å². The van der Waals surface area contributed by atoms with Crippen molar-refractivity contribution >= 4 is 17.7 Å². The predicted octanol–water partition coefficient (Wildman–Crippen LogP) is 2.95. The first-order valence-electron chi connectivity index (χ1n) is 5.67. The van der Waals surface area contributed by atoms with E-state index in [4.69, 9.17) is 0 Å². The van der Waals surface area contributed by atoms with E-state index in [9.17, 15) is 4.79 Å². The first-order chi connectivity index (χ1) is 7.74. The lowest BCUT2D eigenvalue weighted by atomic mass is 10.2. The van der Waals surface area contributed by atoms with Crippen molar-refractivity contribution in [3.63, 3.8) is 0 Å². The van der Waals surface area contributed by atoms with Gasteiger partial charge in [-0.15, -0.1) is 0 Å². The fourth-order valence-electron chi connectivity index (χ4n) is 1.37. The van der Waals surface area contributed by atoms with Crippen molar-refractivity contribution in [3.05, 3.63) is 35.9 Å². The minimum Gasteiger partial charge on any atom is -0.350 e. The van der Waals surface area contributed by atoms with Gasteiger partial charge in [-0.2, -0.15) is 11.8 Å². The maximum absolute atomic E-state index is 11.8. The van der Waals surface area contributed by atoms with Gasteiger partial charge in [0.15, 0.2) is 0 Å². The second-order valence-electron chi connectivity index (χ2n) is 3.73. The van der Waals surface area contributed by atoms with Gasteiger partial charge in [-0.25, -0.2) is 0 Å². The molecule has 88 valence electrons. The molecular weight excluding hydrogens is 218 g/mol. The normalized spacial score (nSPS) is 12.1. The van der Waals surface area contributed by atoms with Crippen LogP contribution in [-0.2, 0) is 0 Å². The maximum Gasteiger partial charge on any atom is 0.251 e. The smallest absolute Gasteiger partial charge is 0.251 e. The Kier molecular flexibility index (Phi) is 6.01. The van der Waals surface area contributed by atoms with Crippen LogP contribution in [0.25, 0.3) is 0 Å². The number of carbonyl (C=O) groups excluding carboxylic acids is 1. The van der Waals surface area contributed by atoms with Gasteiger partial charge in [-0.3, -0.25) is 4.79 Å². The number of thioether (sulfide) groups is 1. The summed E-state index contributed by atoms with van der Waals surface area (Å²) in [5.74, 6) is 2.26. The van der Waals surface area contributed by atoms with Gasteiger partial charge in [0.05, 0.1) is 0 Å². The van der Waals surface area contributed by atoms with Gasteiger partial charge >= 0.3 is 0 Å². The van der Waals surface area contributed by atoms with Crippen LogP contribution < -0.4 is 5.32 Å². The molecule has 1 aromatic carbocycles. The van der Waals surface area contributed by atoms with E-state index < -0.39 is 0 Å². The molecule has 0 aromatic heterocycles. The van der Waals surface area contributed by atoms with E-state index in [0.717, 1.165) is 23.5 Å². The van der Waals surface area contributed by atoms with Gasteiger partial charge in [0.25, 0.3) is 5.91 Å². The van der Waals surface area contributed by atoms with Crippen molar-refractivity contribution in [1.29, 1.82) is 0 Å². The number of carbonyl (C=O) groups is 1. The summed E-state index contributed by atoms with van der Waals surface area (Å²) in [5.41, 5.74) is 0.734. The maximum atomic E-state index is 11.8. The molecule has 0 fully saturated rings. The molecule has 1 unspecified atom stereocenters. The third-order valence-electron chi connectivity index (χ3n) is 2.31. The van der Waals surface area contributed by atoms with Gasteiger partial charge in [0, 0.05) is 11.6 Å². The van der Waals surface area contributed by atoms with E-state index in [1.807, 2.05) is 42.1 Å². The Balaban J connectivity index is 2.34. The predicted molar refractivity (Wildman–Crippen MR) is 71.0 cm³/mol. The molecule has 0 aliphatic heterocycles. The van der Waals surface area contributed by atoms with E-state index in [1.165, 1.54) is 0 Å². The standard InChI is InChI=1S/C13H19NOS/c1-3-16-10-9-11(2)14-13(15)12-7-5-4-6-8-12/h4-8,11H,3,9-10H2,1-2H3,(H,14,15). The number of benzene rings is 1. The summed E-state index contributed by atoms with van der Waals surface area (Å²) in [6, 6.07) is 9.59. The van der Waals surface area contributed by atoms with Gasteiger partial charge in [0.2, 0.25) is 0 Å². The van der Waals surface area contributed by atoms with Crippen molar-refractivity contribution in [2.24, 2.45) is 0 Å². The van der Waals surface area contributed by atoms with Crippen LogP contribution in [0.15, 0.2) is 30.3 Å². The van der Waals surface area contributed by atoms with Gasteiger partial charge in [0.1, 0.15) is 0 Å². The average molecular weight is 237 g/mol. The molecule has 3 heteroatoms. The lowest BCUT2D eigenvalue weighted by Gasteiger charge is -2.13. The summed E-state index contributed by atoms with van der Waals surface area (Å²) in [5, 5.41) is 3.00. The quantitative estimate of drug-likeness (QED) is 0.771. The molecule has 1 amide bonds. The number of rotatable bonds is 6. The minimum atomic E-state index is 0.0228. The van der Waals surface area contributed by atoms with Crippen LogP contribution in [-0.4, -0.2) is 23.5 Å². The molecule has 1 N–H and O–H groups in total. The Bertz CT molecular complexity index is 313. The molecule has 0 aliphatic rings. The van der Waals surface area contributed by atoms with E-state index >= 15 is 0 Å². The third kappa shape index (κ3) is 4.71. The first-order valence-corrected chi connectivity index (χ1v) is 6.83. The van der Waals surface area contributed by atoms with E-state index in [-0.39, 0.29) is 11.9 Å². The molecule has 0 bridgehead atoms. The minimum absolute atomic E-state index is 0.0228. The van der Waals surface area contributed by atoms with Crippen LogP contribution in [0, 0.1) is 0 Å². The fraction of sp³-hybridized carbons (Fsp3) is 0.462. The molecule has 0 spiro atoms. The summed E-state index contributed by atoms with van der Waals surface area (Å²) in [7, 11) is 0. The third-order valence-corrected chi connectivity index (χ3v) is 3.25. The van der Waals surface area contributed by atoms with Crippen LogP contribution in [0.3, 0.4) is 0 Å².